The van der Waals surface area contributed by atoms with Crippen LogP contribution in [0.2, 0.25) is 5.02 Å². The highest BCUT2D eigenvalue weighted by Crippen LogP contribution is 2.39. The molecule has 2 N–H and O–H groups in total. The quantitative estimate of drug-likeness (QED) is 0.572. The molecule has 3 aromatic rings. The zero-order chi connectivity index (χ0) is 23.7. The first-order valence-corrected chi connectivity index (χ1v) is 11.7. The van der Waals surface area contributed by atoms with Crippen molar-refractivity contribution in [2.45, 2.75) is 25.2 Å². The molecule has 1 aliphatic heterocycles. The maximum atomic E-state index is 9.91. The lowest BCUT2D eigenvalue weighted by atomic mass is 9.85. The third kappa shape index (κ3) is 4.18. The number of pyridine rings is 1. The highest BCUT2D eigenvalue weighted by Gasteiger charge is 2.35. The lowest BCUT2D eigenvalue weighted by Gasteiger charge is -2.30. The monoisotopic (exact) mass is 476 g/mol. The summed E-state index contributed by atoms with van der Waals surface area (Å²) < 4.78 is 5.41. The second-order valence-corrected chi connectivity index (χ2v) is 9.30. The van der Waals surface area contributed by atoms with Crippen LogP contribution >= 0.6 is 11.6 Å². The van der Waals surface area contributed by atoms with Crippen molar-refractivity contribution in [1.29, 1.82) is 5.26 Å². The third-order valence-corrected chi connectivity index (χ3v) is 6.95. The fraction of sp³-hybridized carbons (Fsp3) is 0.360. The molecule has 2 aromatic heterocycles. The molecule has 1 saturated heterocycles. The standard InChI is InChI=1S/C25H25ClN6O2/c1-25(15-33)4-2-21-18(25)10-17(14-29-21)20-3-5-28-24(30-20)31-22-11-16(13-27)23(12-19(22)26)32-6-8-34-9-7-32/h3,5,10-12,14,33H,2,4,6-9,15H2,1H3,(H,28,30,31). The van der Waals surface area contributed by atoms with Crippen molar-refractivity contribution in [3.63, 3.8) is 0 Å². The van der Waals surface area contributed by atoms with E-state index >= 15 is 0 Å². The van der Waals surface area contributed by atoms with Gasteiger partial charge in [0.15, 0.2) is 0 Å². The number of anilines is 3. The minimum absolute atomic E-state index is 0.0852. The smallest absolute Gasteiger partial charge is 0.227 e. The number of aromatic nitrogens is 3. The number of benzene rings is 1. The normalized spacial score (nSPS) is 19.5. The summed E-state index contributed by atoms with van der Waals surface area (Å²) in [6, 6.07) is 9.69. The van der Waals surface area contributed by atoms with Gasteiger partial charge in [0.2, 0.25) is 5.95 Å². The molecule has 5 rings (SSSR count). The molecule has 1 fully saturated rings. The van der Waals surface area contributed by atoms with E-state index in [1.54, 1.807) is 18.3 Å². The topological polar surface area (TPSA) is 107 Å². The number of nitriles is 1. The van der Waals surface area contributed by atoms with Gasteiger partial charge in [-0.1, -0.05) is 18.5 Å². The number of morpholine rings is 1. The fourth-order valence-electron chi connectivity index (χ4n) is 4.56. The molecular formula is C25H25ClN6O2. The van der Waals surface area contributed by atoms with E-state index < -0.39 is 0 Å². The van der Waals surface area contributed by atoms with Crippen molar-refractivity contribution in [3.8, 4) is 17.3 Å². The summed E-state index contributed by atoms with van der Waals surface area (Å²) in [5.41, 5.74) is 5.27. The van der Waals surface area contributed by atoms with E-state index in [9.17, 15) is 10.4 Å². The van der Waals surface area contributed by atoms with Crippen LogP contribution in [0.1, 0.15) is 30.2 Å². The second kappa shape index (κ2) is 9.18. The van der Waals surface area contributed by atoms with Gasteiger partial charge >= 0.3 is 0 Å². The van der Waals surface area contributed by atoms with Gasteiger partial charge in [-0.2, -0.15) is 5.26 Å². The van der Waals surface area contributed by atoms with Gasteiger partial charge in [-0.3, -0.25) is 4.98 Å². The summed E-state index contributed by atoms with van der Waals surface area (Å²) in [5.74, 6) is 0.368. The van der Waals surface area contributed by atoms with Crippen LogP contribution in [-0.4, -0.2) is 53.0 Å². The van der Waals surface area contributed by atoms with Crippen molar-refractivity contribution in [1.82, 2.24) is 15.0 Å². The number of aliphatic hydroxyl groups excluding tert-OH is 1. The van der Waals surface area contributed by atoms with E-state index in [4.69, 9.17) is 16.3 Å². The average Bonchev–Trinajstić information content (AvgIpc) is 3.22. The molecule has 0 saturated carbocycles. The van der Waals surface area contributed by atoms with Crippen LogP contribution in [0.25, 0.3) is 11.3 Å². The minimum atomic E-state index is -0.282. The number of nitrogens with one attached hydrogen (secondary N) is 1. The molecule has 0 spiro atoms. The van der Waals surface area contributed by atoms with Gasteiger partial charge in [0, 0.05) is 42.2 Å². The Morgan fingerprint density at radius 1 is 1.26 bits per heavy atom. The van der Waals surface area contributed by atoms with Crippen LogP contribution in [0.4, 0.5) is 17.3 Å². The molecule has 9 heteroatoms. The molecular weight excluding hydrogens is 452 g/mol. The Kier molecular flexibility index (Phi) is 6.09. The minimum Gasteiger partial charge on any atom is -0.395 e. The van der Waals surface area contributed by atoms with E-state index in [-0.39, 0.29) is 12.0 Å². The Morgan fingerprint density at radius 3 is 2.85 bits per heavy atom. The number of hydrogen-bond donors (Lipinski definition) is 2. The van der Waals surface area contributed by atoms with Crippen LogP contribution in [0.15, 0.2) is 36.7 Å². The molecule has 3 heterocycles. The maximum Gasteiger partial charge on any atom is 0.227 e. The molecule has 1 atom stereocenters. The first kappa shape index (κ1) is 22.5. The number of aliphatic hydroxyl groups is 1. The molecule has 0 bridgehead atoms. The van der Waals surface area contributed by atoms with Gasteiger partial charge in [0.05, 0.1) is 47.5 Å². The highest BCUT2D eigenvalue weighted by molar-refractivity contribution is 6.33. The molecule has 34 heavy (non-hydrogen) atoms. The van der Waals surface area contributed by atoms with Gasteiger partial charge in [-0.05, 0) is 42.7 Å². The van der Waals surface area contributed by atoms with Crippen molar-refractivity contribution >= 4 is 28.9 Å². The van der Waals surface area contributed by atoms with Gasteiger partial charge in [0.25, 0.3) is 0 Å². The Morgan fingerprint density at radius 2 is 2.09 bits per heavy atom. The lowest BCUT2D eigenvalue weighted by molar-refractivity contribution is 0.122. The van der Waals surface area contributed by atoms with Crippen LogP contribution in [-0.2, 0) is 16.6 Å². The van der Waals surface area contributed by atoms with Crippen molar-refractivity contribution in [2.75, 3.05) is 43.1 Å². The number of rotatable bonds is 5. The SMILES string of the molecule is CC1(CO)CCc2ncc(-c3ccnc(Nc4cc(C#N)c(N5CCOCC5)cc4Cl)n3)cc21. The predicted molar refractivity (Wildman–Crippen MR) is 131 cm³/mol. The average molecular weight is 477 g/mol. The molecule has 174 valence electrons. The number of halogens is 1. The fourth-order valence-corrected chi connectivity index (χ4v) is 4.77. The van der Waals surface area contributed by atoms with E-state index in [0.717, 1.165) is 35.3 Å². The zero-order valence-electron chi connectivity index (χ0n) is 18.9. The summed E-state index contributed by atoms with van der Waals surface area (Å²) in [6.45, 7) is 4.82. The van der Waals surface area contributed by atoms with Crippen LogP contribution in [0, 0.1) is 11.3 Å². The molecule has 8 nitrogen and oxygen atoms in total. The summed E-state index contributed by atoms with van der Waals surface area (Å²) in [5, 5.41) is 23.3. The van der Waals surface area contributed by atoms with Crippen LogP contribution < -0.4 is 10.2 Å². The number of nitrogens with zero attached hydrogens (tertiary/aromatic N) is 5. The van der Waals surface area contributed by atoms with Gasteiger partial charge in [0.1, 0.15) is 6.07 Å². The second-order valence-electron chi connectivity index (χ2n) is 8.89. The number of fused-ring (bicyclic) bond motifs is 1. The Labute approximate surface area is 203 Å². The Bertz CT molecular complexity index is 1270. The molecule has 1 aromatic carbocycles. The first-order valence-electron chi connectivity index (χ1n) is 11.3. The van der Waals surface area contributed by atoms with Crippen molar-refractivity contribution in [2.24, 2.45) is 0 Å². The molecule has 0 amide bonds. The highest BCUT2D eigenvalue weighted by atomic mass is 35.5. The summed E-state index contributed by atoms with van der Waals surface area (Å²) in [4.78, 5) is 15.7. The number of ether oxygens (including phenoxy) is 1. The molecule has 0 radical (unpaired) electrons. The number of aryl methyl sites for hydroxylation is 1. The summed E-state index contributed by atoms with van der Waals surface area (Å²) in [6.07, 6.45) is 5.23. The van der Waals surface area contributed by atoms with E-state index in [2.05, 4.69) is 44.2 Å². The van der Waals surface area contributed by atoms with E-state index in [1.165, 1.54) is 0 Å². The van der Waals surface area contributed by atoms with E-state index in [0.29, 0.717) is 54.2 Å². The number of hydrogen-bond acceptors (Lipinski definition) is 8. The van der Waals surface area contributed by atoms with Crippen molar-refractivity contribution < 1.29 is 9.84 Å². The van der Waals surface area contributed by atoms with Crippen molar-refractivity contribution in [3.05, 3.63) is 58.5 Å². The predicted octanol–water partition coefficient (Wildman–Crippen LogP) is 3.84. The van der Waals surface area contributed by atoms with Gasteiger partial charge in [-0.25, -0.2) is 9.97 Å². The van der Waals surface area contributed by atoms with Gasteiger partial charge < -0.3 is 20.1 Å². The van der Waals surface area contributed by atoms with Gasteiger partial charge in [-0.15, -0.1) is 0 Å². The zero-order valence-corrected chi connectivity index (χ0v) is 19.6. The third-order valence-electron chi connectivity index (χ3n) is 6.64. The lowest BCUT2D eigenvalue weighted by Crippen LogP contribution is -2.36. The molecule has 2 aliphatic rings. The van der Waals surface area contributed by atoms with E-state index in [1.807, 2.05) is 12.3 Å². The summed E-state index contributed by atoms with van der Waals surface area (Å²) >= 11 is 6.58. The largest absolute Gasteiger partial charge is 0.395 e. The van der Waals surface area contributed by atoms with Crippen LogP contribution in [0.3, 0.4) is 0 Å². The maximum absolute atomic E-state index is 9.91. The molecule has 1 unspecified atom stereocenters. The summed E-state index contributed by atoms with van der Waals surface area (Å²) in [7, 11) is 0. The molecule has 1 aliphatic carbocycles. The Balaban J connectivity index is 1.43. The first-order chi connectivity index (χ1) is 16.5. The van der Waals surface area contributed by atoms with Crippen LogP contribution in [0.5, 0.6) is 0 Å². The Hall–Kier alpha value is -3.25.